The number of rotatable bonds is 2. The molecule has 3 rings (SSSR count). The van der Waals surface area contributed by atoms with Gasteiger partial charge in [-0.05, 0) is 49.6 Å². The molecule has 0 atom stereocenters. The number of nitriles is 1. The lowest BCUT2D eigenvalue weighted by molar-refractivity contribution is 0.00820. The monoisotopic (exact) mass is 334 g/mol. The number of carbonyl (C=O) groups is 1. The molecule has 1 aliphatic rings. The van der Waals surface area contributed by atoms with E-state index < -0.39 is 5.60 Å². The Labute approximate surface area is 148 Å². The van der Waals surface area contributed by atoms with Gasteiger partial charge in [-0.25, -0.2) is 4.79 Å². The number of benzene rings is 2. The molecule has 0 radical (unpaired) electrons. The van der Waals surface area contributed by atoms with Crippen LogP contribution in [-0.2, 0) is 4.74 Å². The van der Waals surface area contributed by atoms with Gasteiger partial charge in [0.25, 0.3) is 0 Å². The number of ether oxygens (including phenoxy) is 1. The maximum Gasteiger partial charge on any atom is 0.410 e. The molecule has 128 valence electrons. The van der Waals surface area contributed by atoms with Crippen LogP contribution in [0.5, 0.6) is 0 Å². The van der Waals surface area contributed by atoms with Crippen molar-refractivity contribution in [2.45, 2.75) is 32.3 Å². The number of amides is 1. The molecule has 4 nitrogen and oxygen atoms in total. The quantitative estimate of drug-likeness (QED) is 0.809. The summed E-state index contributed by atoms with van der Waals surface area (Å²) < 4.78 is 5.39. The molecule has 0 spiro atoms. The van der Waals surface area contributed by atoms with Crippen molar-refractivity contribution in [3.8, 4) is 17.2 Å². The zero-order chi connectivity index (χ0) is 18.0. The molecule has 2 aromatic rings. The lowest BCUT2D eigenvalue weighted by Gasteiger charge is -2.40. The maximum absolute atomic E-state index is 12.0. The summed E-state index contributed by atoms with van der Waals surface area (Å²) >= 11 is 0. The Morgan fingerprint density at radius 2 is 1.56 bits per heavy atom. The van der Waals surface area contributed by atoms with Crippen LogP contribution in [0.3, 0.4) is 0 Å². The van der Waals surface area contributed by atoms with E-state index in [1.54, 1.807) is 4.90 Å². The summed E-state index contributed by atoms with van der Waals surface area (Å²) in [7, 11) is 0. The molecule has 4 heteroatoms. The Morgan fingerprint density at radius 1 is 1.04 bits per heavy atom. The average molecular weight is 334 g/mol. The normalized spacial score (nSPS) is 14.6. The first-order valence-corrected chi connectivity index (χ1v) is 8.44. The van der Waals surface area contributed by atoms with E-state index in [-0.39, 0.29) is 6.09 Å². The second kappa shape index (κ2) is 6.60. The SMILES string of the molecule is CC(C)(C)OC(=O)N1CC(c2ccc(-c3ccc(C#N)cc3)cc2)C1. The topological polar surface area (TPSA) is 53.3 Å². The number of hydrogen-bond acceptors (Lipinski definition) is 3. The van der Waals surface area contributed by atoms with Crippen LogP contribution < -0.4 is 0 Å². The summed E-state index contributed by atoms with van der Waals surface area (Å²) in [4.78, 5) is 13.7. The number of hydrogen-bond donors (Lipinski definition) is 0. The molecule has 0 N–H and O–H groups in total. The fraction of sp³-hybridized carbons (Fsp3) is 0.333. The summed E-state index contributed by atoms with van der Waals surface area (Å²) in [5.74, 6) is 0.363. The third-order valence-electron chi connectivity index (χ3n) is 4.26. The summed E-state index contributed by atoms with van der Waals surface area (Å²) in [6, 6.07) is 18.1. The minimum Gasteiger partial charge on any atom is -0.444 e. The molecule has 0 aliphatic carbocycles. The maximum atomic E-state index is 12.0. The Hall–Kier alpha value is -2.80. The van der Waals surface area contributed by atoms with E-state index in [0.29, 0.717) is 24.6 Å². The van der Waals surface area contributed by atoms with Crippen molar-refractivity contribution in [3.05, 3.63) is 59.7 Å². The third kappa shape index (κ3) is 4.00. The molecule has 25 heavy (non-hydrogen) atoms. The molecule has 2 aromatic carbocycles. The second-order valence-corrected chi connectivity index (χ2v) is 7.39. The average Bonchev–Trinajstić information content (AvgIpc) is 2.52. The standard InChI is InChI=1S/C21H22N2O2/c1-21(2,3)25-20(24)23-13-19(14-23)18-10-8-17(9-11-18)16-6-4-15(12-22)5-7-16/h4-11,19H,13-14H2,1-3H3. The van der Waals surface area contributed by atoms with Gasteiger partial charge in [-0.1, -0.05) is 36.4 Å². The van der Waals surface area contributed by atoms with Gasteiger partial charge in [0, 0.05) is 19.0 Å². The lowest BCUT2D eigenvalue weighted by atomic mass is 9.90. The van der Waals surface area contributed by atoms with Crippen molar-refractivity contribution in [1.82, 2.24) is 4.90 Å². The Balaban J connectivity index is 1.61. The lowest BCUT2D eigenvalue weighted by Crippen LogP contribution is -2.50. The Kier molecular flexibility index (Phi) is 4.50. The van der Waals surface area contributed by atoms with Crippen molar-refractivity contribution in [1.29, 1.82) is 5.26 Å². The van der Waals surface area contributed by atoms with Crippen molar-refractivity contribution >= 4 is 6.09 Å². The van der Waals surface area contributed by atoms with E-state index in [1.165, 1.54) is 5.56 Å². The predicted molar refractivity (Wildman–Crippen MR) is 97.1 cm³/mol. The van der Waals surface area contributed by atoms with E-state index in [9.17, 15) is 4.79 Å². The predicted octanol–water partition coefficient (Wildman–Crippen LogP) is 4.56. The Bertz CT molecular complexity index is 790. The van der Waals surface area contributed by atoms with Gasteiger partial charge in [-0.15, -0.1) is 0 Å². The third-order valence-corrected chi connectivity index (χ3v) is 4.26. The van der Waals surface area contributed by atoms with Gasteiger partial charge in [0.05, 0.1) is 11.6 Å². The molecular formula is C21H22N2O2. The molecule has 1 heterocycles. The van der Waals surface area contributed by atoms with E-state index in [0.717, 1.165) is 11.1 Å². The van der Waals surface area contributed by atoms with E-state index in [2.05, 4.69) is 30.3 Å². The highest BCUT2D eigenvalue weighted by molar-refractivity contribution is 5.70. The number of nitrogens with zero attached hydrogens (tertiary/aromatic N) is 2. The first-order valence-electron chi connectivity index (χ1n) is 8.44. The first-order chi connectivity index (χ1) is 11.9. The molecule has 0 bridgehead atoms. The smallest absolute Gasteiger partial charge is 0.410 e. The minimum absolute atomic E-state index is 0.238. The van der Waals surface area contributed by atoms with Crippen molar-refractivity contribution in [2.75, 3.05) is 13.1 Å². The fourth-order valence-corrected chi connectivity index (χ4v) is 2.85. The molecule has 1 saturated heterocycles. The van der Waals surface area contributed by atoms with Crippen LogP contribution in [0.4, 0.5) is 4.79 Å². The van der Waals surface area contributed by atoms with Crippen LogP contribution in [0.15, 0.2) is 48.5 Å². The van der Waals surface area contributed by atoms with Gasteiger partial charge in [0.2, 0.25) is 0 Å². The Morgan fingerprint density at radius 3 is 2.04 bits per heavy atom. The summed E-state index contributed by atoms with van der Waals surface area (Å²) in [6.45, 7) is 7.04. The molecule has 1 fully saturated rings. The molecule has 0 unspecified atom stereocenters. The molecule has 1 amide bonds. The van der Waals surface area contributed by atoms with Crippen LogP contribution in [0.2, 0.25) is 0 Å². The second-order valence-electron chi connectivity index (χ2n) is 7.39. The van der Waals surface area contributed by atoms with Crippen molar-refractivity contribution in [3.63, 3.8) is 0 Å². The zero-order valence-electron chi connectivity index (χ0n) is 14.8. The van der Waals surface area contributed by atoms with Crippen LogP contribution in [0, 0.1) is 11.3 Å². The highest BCUT2D eigenvalue weighted by atomic mass is 16.6. The molecule has 0 aromatic heterocycles. The van der Waals surface area contributed by atoms with Crippen LogP contribution in [0.25, 0.3) is 11.1 Å². The first kappa shape index (κ1) is 17.0. The highest BCUT2D eigenvalue weighted by Crippen LogP contribution is 2.30. The summed E-state index contributed by atoms with van der Waals surface area (Å²) in [5.41, 5.74) is 3.66. The van der Waals surface area contributed by atoms with Crippen LogP contribution in [0.1, 0.15) is 37.8 Å². The van der Waals surface area contributed by atoms with Gasteiger partial charge >= 0.3 is 6.09 Å². The van der Waals surface area contributed by atoms with E-state index in [4.69, 9.17) is 10.00 Å². The van der Waals surface area contributed by atoms with Gasteiger partial charge in [0.15, 0.2) is 0 Å². The minimum atomic E-state index is -0.453. The van der Waals surface area contributed by atoms with Crippen molar-refractivity contribution < 1.29 is 9.53 Å². The molecule has 1 aliphatic heterocycles. The summed E-state index contributed by atoms with van der Waals surface area (Å²) in [6.07, 6.45) is -0.238. The highest BCUT2D eigenvalue weighted by Gasteiger charge is 2.34. The largest absolute Gasteiger partial charge is 0.444 e. The van der Waals surface area contributed by atoms with E-state index >= 15 is 0 Å². The number of likely N-dealkylation sites (tertiary alicyclic amines) is 1. The van der Waals surface area contributed by atoms with Crippen LogP contribution >= 0.6 is 0 Å². The van der Waals surface area contributed by atoms with Crippen LogP contribution in [-0.4, -0.2) is 29.7 Å². The molecule has 0 saturated carbocycles. The summed E-state index contributed by atoms with van der Waals surface area (Å²) in [5, 5.41) is 8.87. The fourth-order valence-electron chi connectivity index (χ4n) is 2.85. The van der Waals surface area contributed by atoms with Crippen molar-refractivity contribution in [2.24, 2.45) is 0 Å². The number of carbonyl (C=O) groups excluding carboxylic acids is 1. The van der Waals surface area contributed by atoms with Gasteiger partial charge in [-0.2, -0.15) is 5.26 Å². The molecular weight excluding hydrogens is 312 g/mol. The van der Waals surface area contributed by atoms with Gasteiger partial charge in [-0.3, -0.25) is 0 Å². The zero-order valence-corrected chi connectivity index (χ0v) is 14.8. The van der Waals surface area contributed by atoms with Gasteiger partial charge < -0.3 is 9.64 Å². The van der Waals surface area contributed by atoms with Gasteiger partial charge in [0.1, 0.15) is 5.60 Å². The van der Waals surface area contributed by atoms with E-state index in [1.807, 2.05) is 45.0 Å².